The molecule has 7 nitrogen and oxygen atoms in total. The Hall–Kier alpha value is -1.44. The molecular formula is C12H21N5O2. The van der Waals surface area contributed by atoms with Crippen molar-refractivity contribution in [3.63, 3.8) is 0 Å². The molecule has 0 atom stereocenters. The van der Waals surface area contributed by atoms with E-state index in [1.54, 1.807) is 7.11 Å². The predicted octanol–water partition coefficient (Wildman–Crippen LogP) is 0.524. The number of nitrogens with zero attached hydrogens (tertiary/aromatic N) is 3. The molecule has 0 aliphatic carbocycles. The van der Waals surface area contributed by atoms with Crippen molar-refractivity contribution in [3.05, 3.63) is 11.9 Å². The van der Waals surface area contributed by atoms with Gasteiger partial charge in [0.1, 0.15) is 18.2 Å². The Labute approximate surface area is 113 Å². The van der Waals surface area contributed by atoms with Crippen molar-refractivity contribution in [2.45, 2.75) is 25.5 Å². The highest BCUT2D eigenvalue weighted by Gasteiger charge is 2.20. The molecule has 7 heteroatoms. The van der Waals surface area contributed by atoms with Crippen LogP contribution in [0.1, 0.15) is 18.7 Å². The summed E-state index contributed by atoms with van der Waals surface area (Å²) in [5.41, 5.74) is 2.57. The third-order valence-electron chi connectivity index (χ3n) is 3.28. The summed E-state index contributed by atoms with van der Waals surface area (Å²) >= 11 is 0. The van der Waals surface area contributed by atoms with Crippen LogP contribution >= 0.6 is 0 Å². The average Bonchev–Trinajstić information content (AvgIpc) is 2.47. The lowest BCUT2D eigenvalue weighted by molar-refractivity contribution is 0.0853. The van der Waals surface area contributed by atoms with Crippen LogP contribution in [0.3, 0.4) is 0 Å². The first-order valence-electron chi connectivity index (χ1n) is 6.38. The fourth-order valence-corrected chi connectivity index (χ4v) is 2.19. The molecule has 1 saturated heterocycles. The van der Waals surface area contributed by atoms with E-state index < -0.39 is 0 Å². The van der Waals surface area contributed by atoms with Gasteiger partial charge in [0.05, 0.1) is 0 Å². The molecule has 0 saturated carbocycles. The Morgan fingerprint density at radius 3 is 2.84 bits per heavy atom. The summed E-state index contributed by atoms with van der Waals surface area (Å²) in [5.74, 6) is 7.50. The van der Waals surface area contributed by atoms with Crippen LogP contribution in [-0.2, 0) is 16.1 Å². The maximum Gasteiger partial charge on any atom is 0.158 e. The fraction of sp³-hybridized carbons (Fsp3) is 0.667. The normalized spacial score (nSPS) is 16.4. The van der Waals surface area contributed by atoms with Gasteiger partial charge in [-0.15, -0.1) is 0 Å². The van der Waals surface area contributed by atoms with Gasteiger partial charge in [0.15, 0.2) is 5.82 Å². The molecule has 0 bridgehead atoms. The molecule has 2 heterocycles. The smallest absolute Gasteiger partial charge is 0.158 e. The fourth-order valence-electron chi connectivity index (χ4n) is 2.19. The van der Waals surface area contributed by atoms with E-state index in [4.69, 9.17) is 15.3 Å². The summed E-state index contributed by atoms with van der Waals surface area (Å²) in [6.45, 7) is 1.96. The van der Waals surface area contributed by atoms with E-state index >= 15 is 0 Å². The van der Waals surface area contributed by atoms with Crippen LogP contribution < -0.4 is 16.2 Å². The number of hydrazine groups is 1. The number of aromatic nitrogens is 2. The molecule has 1 aliphatic heterocycles. The zero-order valence-corrected chi connectivity index (χ0v) is 11.4. The van der Waals surface area contributed by atoms with Gasteiger partial charge in [0.2, 0.25) is 0 Å². The minimum atomic E-state index is 0.365. The topological polar surface area (TPSA) is 85.5 Å². The van der Waals surface area contributed by atoms with Crippen LogP contribution in [0.5, 0.6) is 0 Å². The van der Waals surface area contributed by atoms with Gasteiger partial charge in [-0.1, -0.05) is 0 Å². The number of anilines is 2. The number of methoxy groups -OCH3 is 1. The third kappa shape index (κ3) is 3.52. The van der Waals surface area contributed by atoms with Crippen LogP contribution in [0.4, 0.5) is 11.6 Å². The standard InChI is InChI=1S/C12H21N5O2/c1-17(9-3-5-19-6-4-9)12-7-10(16-13)14-11(15-12)8-18-2/h7,9H,3-6,8,13H2,1-2H3,(H,14,15,16). The van der Waals surface area contributed by atoms with E-state index in [-0.39, 0.29) is 0 Å². The van der Waals surface area contributed by atoms with Crippen molar-refractivity contribution in [2.24, 2.45) is 5.84 Å². The molecule has 1 aromatic rings. The van der Waals surface area contributed by atoms with Crippen molar-refractivity contribution in [2.75, 3.05) is 37.7 Å². The molecular weight excluding hydrogens is 246 g/mol. The number of nitrogen functional groups attached to an aromatic ring is 1. The zero-order valence-electron chi connectivity index (χ0n) is 11.4. The second kappa shape index (κ2) is 6.65. The molecule has 1 aliphatic rings. The summed E-state index contributed by atoms with van der Waals surface area (Å²) in [6.07, 6.45) is 2.01. The van der Waals surface area contributed by atoms with Gasteiger partial charge in [-0.25, -0.2) is 15.8 Å². The third-order valence-corrected chi connectivity index (χ3v) is 3.28. The molecule has 1 fully saturated rings. The van der Waals surface area contributed by atoms with Crippen LogP contribution in [0.15, 0.2) is 6.07 Å². The molecule has 3 N–H and O–H groups in total. The summed E-state index contributed by atoms with van der Waals surface area (Å²) in [4.78, 5) is 10.9. The van der Waals surface area contributed by atoms with E-state index in [9.17, 15) is 0 Å². The van der Waals surface area contributed by atoms with Gasteiger partial charge >= 0.3 is 0 Å². The number of nitrogens with one attached hydrogen (secondary N) is 1. The summed E-state index contributed by atoms with van der Waals surface area (Å²) in [7, 11) is 3.66. The lowest BCUT2D eigenvalue weighted by atomic mass is 10.1. The number of rotatable bonds is 5. The lowest BCUT2D eigenvalue weighted by Gasteiger charge is -2.32. The first-order valence-corrected chi connectivity index (χ1v) is 6.38. The van der Waals surface area contributed by atoms with Crippen molar-refractivity contribution in [3.8, 4) is 0 Å². The van der Waals surface area contributed by atoms with Crippen LogP contribution in [0.25, 0.3) is 0 Å². The lowest BCUT2D eigenvalue weighted by Crippen LogP contribution is -2.37. The van der Waals surface area contributed by atoms with Gasteiger partial charge in [-0.05, 0) is 12.8 Å². The Kier molecular flexibility index (Phi) is 4.89. The van der Waals surface area contributed by atoms with Crippen LogP contribution in [0.2, 0.25) is 0 Å². The maximum atomic E-state index is 5.44. The molecule has 2 rings (SSSR count). The Balaban J connectivity index is 2.18. The molecule has 19 heavy (non-hydrogen) atoms. The van der Waals surface area contributed by atoms with Gasteiger partial charge in [0, 0.05) is 39.5 Å². The summed E-state index contributed by atoms with van der Waals surface area (Å²) < 4.78 is 10.5. The van der Waals surface area contributed by atoms with Crippen molar-refractivity contribution in [1.29, 1.82) is 0 Å². The Morgan fingerprint density at radius 2 is 2.21 bits per heavy atom. The quantitative estimate of drug-likeness (QED) is 0.594. The second-order valence-electron chi connectivity index (χ2n) is 4.56. The first-order chi connectivity index (χ1) is 9.24. The number of ether oxygens (including phenoxy) is 2. The van der Waals surface area contributed by atoms with E-state index in [1.807, 2.05) is 13.1 Å². The minimum Gasteiger partial charge on any atom is -0.381 e. The van der Waals surface area contributed by atoms with Gasteiger partial charge in [-0.2, -0.15) is 0 Å². The monoisotopic (exact) mass is 267 g/mol. The molecule has 106 valence electrons. The van der Waals surface area contributed by atoms with E-state index in [1.165, 1.54) is 0 Å². The molecule has 0 unspecified atom stereocenters. The van der Waals surface area contributed by atoms with E-state index in [2.05, 4.69) is 20.3 Å². The second-order valence-corrected chi connectivity index (χ2v) is 4.56. The predicted molar refractivity (Wildman–Crippen MR) is 72.8 cm³/mol. The Morgan fingerprint density at radius 1 is 1.47 bits per heavy atom. The maximum absolute atomic E-state index is 5.44. The van der Waals surface area contributed by atoms with E-state index in [0.29, 0.717) is 24.3 Å². The average molecular weight is 267 g/mol. The van der Waals surface area contributed by atoms with Crippen LogP contribution in [-0.4, -0.2) is 43.4 Å². The first kappa shape index (κ1) is 14.0. The van der Waals surface area contributed by atoms with Crippen molar-refractivity contribution < 1.29 is 9.47 Å². The van der Waals surface area contributed by atoms with Gasteiger partial charge in [-0.3, -0.25) is 0 Å². The largest absolute Gasteiger partial charge is 0.381 e. The number of hydrogen-bond acceptors (Lipinski definition) is 7. The highest BCUT2D eigenvalue weighted by molar-refractivity contribution is 5.49. The van der Waals surface area contributed by atoms with E-state index in [0.717, 1.165) is 31.9 Å². The van der Waals surface area contributed by atoms with Crippen molar-refractivity contribution in [1.82, 2.24) is 9.97 Å². The molecule has 0 spiro atoms. The van der Waals surface area contributed by atoms with Crippen LogP contribution in [0, 0.1) is 0 Å². The molecule has 1 aromatic heterocycles. The Bertz CT molecular complexity index is 409. The molecule has 0 amide bonds. The summed E-state index contributed by atoms with van der Waals surface area (Å²) in [5, 5.41) is 0. The highest BCUT2D eigenvalue weighted by atomic mass is 16.5. The SMILES string of the molecule is COCc1nc(NN)cc(N(C)C2CCOCC2)n1. The minimum absolute atomic E-state index is 0.365. The summed E-state index contributed by atoms with van der Waals surface area (Å²) in [6, 6.07) is 2.28. The number of hydrogen-bond donors (Lipinski definition) is 2. The molecule has 0 aromatic carbocycles. The molecule has 0 radical (unpaired) electrons. The van der Waals surface area contributed by atoms with Crippen molar-refractivity contribution >= 4 is 11.6 Å². The number of nitrogens with two attached hydrogens (primary N) is 1. The zero-order chi connectivity index (χ0) is 13.7. The highest BCUT2D eigenvalue weighted by Crippen LogP contribution is 2.21. The van der Waals surface area contributed by atoms with Gasteiger partial charge in [0.25, 0.3) is 0 Å². The van der Waals surface area contributed by atoms with Gasteiger partial charge < -0.3 is 19.8 Å².